The maximum Gasteiger partial charge on any atom is 0.337 e. The van der Waals surface area contributed by atoms with Gasteiger partial charge >= 0.3 is 11.9 Å². The Morgan fingerprint density at radius 1 is 0.824 bits per heavy atom. The van der Waals surface area contributed by atoms with Crippen LogP contribution in [0.1, 0.15) is 67.1 Å². The first kappa shape index (κ1) is 25.6. The van der Waals surface area contributed by atoms with E-state index in [1.165, 1.54) is 0 Å². The molecule has 182 valence electrons. The van der Waals surface area contributed by atoms with E-state index >= 15 is 0 Å². The van der Waals surface area contributed by atoms with Crippen LogP contribution in [0.15, 0.2) is 63.4 Å². The number of nitrogens with one attached hydrogen (secondary N) is 1. The molecule has 0 bridgehead atoms. The van der Waals surface area contributed by atoms with Gasteiger partial charge < -0.3 is 19.2 Å². The van der Waals surface area contributed by atoms with Crippen molar-refractivity contribution in [3.63, 3.8) is 0 Å². The predicted octanol–water partition coefficient (Wildman–Crippen LogP) is 6.52. The number of esters is 2. The molecule has 0 fully saturated rings. The summed E-state index contributed by atoms with van der Waals surface area (Å²) in [5.41, 5.74) is 1.19. The van der Waals surface area contributed by atoms with E-state index in [-0.39, 0.29) is 0 Å². The predicted molar refractivity (Wildman–Crippen MR) is 132 cm³/mol. The van der Waals surface area contributed by atoms with Crippen LogP contribution in [0.5, 0.6) is 0 Å². The van der Waals surface area contributed by atoms with E-state index in [4.69, 9.17) is 25.5 Å². The highest BCUT2D eigenvalue weighted by Crippen LogP contribution is 2.42. The number of hydrogen-bond donors (Lipinski definition) is 1. The maximum absolute atomic E-state index is 13.3. The average Bonchev–Trinajstić information content (AvgIpc) is 3.14. The number of allylic oxidation sites excluding steroid dienone is 2. The van der Waals surface area contributed by atoms with Gasteiger partial charge in [0.1, 0.15) is 22.7 Å². The van der Waals surface area contributed by atoms with Gasteiger partial charge in [-0.2, -0.15) is 0 Å². The van der Waals surface area contributed by atoms with Crippen LogP contribution in [0.4, 0.5) is 0 Å². The zero-order valence-electron chi connectivity index (χ0n) is 21.0. The minimum Gasteiger partial charge on any atom is -0.460 e. The van der Waals surface area contributed by atoms with Crippen molar-refractivity contribution in [1.29, 1.82) is 0 Å². The highest BCUT2D eigenvalue weighted by atomic mass is 35.5. The topological polar surface area (TPSA) is 77.8 Å². The van der Waals surface area contributed by atoms with Crippen molar-refractivity contribution in [2.24, 2.45) is 0 Å². The van der Waals surface area contributed by atoms with Gasteiger partial charge in [-0.25, -0.2) is 9.59 Å². The SMILES string of the molecule is CC1=C(C(=O)OC(C)(C)C)C(c2ccc(-c3ccc(Cl)cc3)o2)C(C(=O)OC(C)(C)C)=C(C)N1. The van der Waals surface area contributed by atoms with Crippen LogP contribution in [0.2, 0.25) is 5.02 Å². The Balaban J connectivity index is 2.13. The van der Waals surface area contributed by atoms with Crippen LogP contribution in [0.3, 0.4) is 0 Å². The van der Waals surface area contributed by atoms with Gasteiger partial charge in [-0.1, -0.05) is 11.6 Å². The second kappa shape index (κ2) is 9.34. The summed E-state index contributed by atoms with van der Waals surface area (Å²) >= 11 is 6.02. The zero-order valence-corrected chi connectivity index (χ0v) is 21.7. The summed E-state index contributed by atoms with van der Waals surface area (Å²) in [4.78, 5) is 26.7. The van der Waals surface area contributed by atoms with E-state index in [0.717, 1.165) is 5.56 Å². The number of ether oxygens (including phenoxy) is 2. The molecule has 0 saturated carbocycles. The van der Waals surface area contributed by atoms with Crippen LogP contribution in [0, 0.1) is 0 Å². The third-order valence-electron chi connectivity index (χ3n) is 5.04. The smallest absolute Gasteiger partial charge is 0.337 e. The highest BCUT2D eigenvalue weighted by Gasteiger charge is 2.41. The molecule has 0 amide bonds. The van der Waals surface area contributed by atoms with Gasteiger partial charge in [0.15, 0.2) is 0 Å². The number of carbonyl (C=O) groups excluding carboxylic acids is 2. The Kier molecular flexibility index (Phi) is 7.04. The molecule has 1 aliphatic heterocycles. The van der Waals surface area contributed by atoms with Crippen LogP contribution >= 0.6 is 11.6 Å². The van der Waals surface area contributed by atoms with E-state index in [0.29, 0.717) is 39.1 Å². The molecular weight excluding hydrogens is 454 g/mol. The molecule has 0 unspecified atom stereocenters. The lowest BCUT2D eigenvalue weighted by atomic mass is 9.83. The van der Waals surface area contributed by atoms with E-state index in [1.807, 2.05) is 18.2 Å². The fourth-order valence-corrected chi connectivity index (χ4v) is 3.89. The third-order valence-corrected chi connectivity index (χ3v) is 5.29. The van der Waals surface area contributed by atoms with Gasteiger partial charge in [-0.15, -0.1) is 0 Å². The summed E-state index contributed by atoms with van der Waals surface area (Å²) in [6, 6.07) is 10.8. The van der Waals surface area contributed by atoms with Gasteiger partial charge in [-0.3, -0.25) is 0 Å². The summed E-state index contributed by atoms with van der Waals surface area (Å²) in [6.07, 6.45) is 0. The lowest BCUT2D eigenvalue weighted by Crippen LogP contribution is -2.36. The van der Waals surface area contributed by atoms with E-state index in [1.54, 1.807) is 73.6 Å². The van der Waals surface area contributed by atoms with Crippen molar-refractivity contribution >= 4 is 23.5 Å². The molecule has 0 atom stereocenters. The number of dihydropyridines is 1. The number of benzene rings is 1. The molecule has 1 aliphatic rings. The summed E-state index contributed by atoms with van der Waals surface area (Å²) in [5, 5.41) is 3.77. The minimum absolute atomic E-state index is 0.304. The molecule has 6 nitrogen and oxygen atoms in total. The molecule has 3 rings (SSSR count). The van der Waals surface area contributed by atoms with Crippen LogP contribution in [0.25, 0.3) is 11.3 Å². The fourth-order valence-electron chi connectivity index (χ4n) is 3.76. The maximum atomic E-state index is 13.3. The molecule has 2 aromatic rings. The van der Waals surface area contributed by atoms with Crippen molar-refractivity contribution in [2.45, 2.75) is 72.5 Å². The summed E-state index contributed by atoms with van der Waals surface area (Å²) in [7, 11) is 0. The van der Waals surface area contributed by atoms with Gasteiger partial charge in [0.05, 0.1) is 17.1 Å². The van der Waals surface area contributed by atoms with Crippen molar-refractivity contribution < 1.29 is 23.5 Å². The molecule has 2 heterocycles. The second-order valence-electron chi connectivity index (χ2n) is 10.3. The van der Waals surface area contributed by atoms with Crippen molar-refractivity contribution in [3.05, 3.63) is 69.7 Å². The van der Waals surface area contributed by atoms with Gasteiger partial charge in [0, 0.05) is 22.0 Å². The number of halogens is 1. The van der Waals surface area contributed by atoms with Gasteiger partial charge in [0.2, 0.25) is 0 Å². The summed E-state index contributed by atoms with van der Waals surface area (Å²) in [6.45, 7) is 14.4. The zero-order chi connectivity index (χ0) is 25.4. The first-order valence-corrected chi connectivity index (χ1v) is 11.5. The number of furan rings is 1. The largest absolute Gasteiger partial charge is 0.460 e. The fraction of sp³-hybridized carbons (Fsp3) is 0.407. The Morgan fingerprint density at radius 3 is 1.74 bits per heavy atom. The minimum atomic E-state index is -0.799. The molecule has 34 heavy (non-hydrogen) atoms. The van der Waals surface area contributed by atoms with E-state index < -0.39 is 29.1 Å². The quantitative estimate of drug-likeness (QED) is 0.497. The lowest BCUT2D eigenvalue weighted by molar-refractivity contribution is -0.151. The Hall–Kier alpha value is -2.99. The van der Waals surface area contributed by atoms with E-state index in [2.05, 4.69) is 5.32 Å². The Morgan fingerprint density at radius 2 is 1.29 bits per heavy atom. The van der Waals surface area contributed by atoms with Gasteiger partial charge in [-0.05, 0) is 91.8 Å². The molecule has 1 aromatic carbocycles. The van der Waals surface area contributed by atoms with Crippen LogP contribution in [-0.4, -0.2) is 23.1 Å². The molecule has 0 spiro atoms. The second-order valence-corrected chi connectivity index (χ2v) is 10.8. The van der Waals surface area contributed by atoms with Crippen molar-refractivity contribution in [2.75, 3.05) is 0 Å². The molecular formula is C27H32ClNO5. The molecule has 1 N–H and O–H groups in total. The van der Waals surface area contributed by atoms with Crippen LogP contribution < -0.4 is 5.32 Å². The van der Waals surface area contributed by atoms with Crippen molar-refractivity contribution in [1.82, 2.24) is 5.32 Å². The Labute approximate surface area is 206 Å². The lowest BCUT2D eigenvalue weighted by Gasteiger charge is -2.32. The van der Waals surface area contributed by atoms with Crippen LogP contribution in [-0.2, 0) is 19.1 Å². The highest BCUT2D eigenvalue weighted by molar-refractivity contribution is 6.30. The number of hydrogen-bond acceptors (Lipinski definition) is 6. The molecule has 0 aliphatic carbocycles. The first-order valence-electron chi connectivity index (χ1n) is 11.2. The molecule has 7 heteroatoms. The number of rotatable bonds is 4. The van der Waals surface area contributed by atoms with E-state index in [9.17, 15) is 9.59 Å². The van der Waals surface area contributed by atoms with Gasteiger partial charge in [0.25, 0.3) is 0 Å². The summed E-state index contributed by atoms with van der Waals surface area (Å²) in [5.74, 6) is -0.826. The normalized spacial score (nSPS) is 15.3. The number of carbonyl (C=O) groups is 2. The molecule has 0 saturated heterocycles. The average molecular weight is 486 g/mol. The standard InChI is InChI=1S/C27H32ClNO5/c1-15-21(24(30)33-26(3,4)5)23(22(16(2)29-15)25(31)34-27(6,7)8)20-14-13-19(32-20)17-9-11-18(28)12-10-17/h9-14,23,29H,1-8H3. The van der Waals surface area contributed by atoms with Crippen molar-refractivity contribution in [3.8, 4) is 11.3 Å². The molecule has 0 radical (unpaired) electrons. The molecule has 1 aromatic heterocycles. The third kappa shape index (κ3) is 5.92. The monoisotopic (exact) mass is 485 g/mol. The summed E-state index contributed by atoms with van der Waals surface area (Å²) < 4.78 is 17.6. The first-order chi connectivity index (χ1) is 15.7. The Bertz CT molecular complexity index is 1110.